The largest absolute Gasteiger partial charge is 0.314 e. The summed E-state index contributed by atoms with van der Waals surface area (Å²) in [4.78, 5) is 12.2. The number of aryl methyl sites for hydroxylation is 1. The summed E-state index contributed by atoms with van der Waals surface area (Å²) in [7, 11) is 0. The molecule has 0 bridgehead atoms. The molecule has 0 amide bonds. The molecule has 0 spiro atoms. The van der Waals surface area contributed by atoms with E-state index in [-0.39, 0.29) is 0 Å². The second-order valence-corrected chi connectivity index (χ2v) is 3.15. The minimum Gasteiger partial charge on any atom is -0.314 e. The molecule has 4 nitrogen and oxygen atoms in total. The van der Waals surface area contributed by atoms with Crippen molar-refractivity contribution >= 4 is 27.1 Å². The molecule has 0 fully saturated rings. The molecule has 0 unspecified atom stereocenters. The summed E-state index contributed by atoms with van der Waals surface area (Å²) in [5, 5.41) is 0.905. The first-order valence-electron chi connectivity index (χ1n) is 3.58. The fourth-order valence-electron chi connectivity index (χ4n) is 1.07. The van der Waals surface area contributed by atoms with Crippen molar-refractivity contribution in [2.45, 2.75) is 6.54 Å². The Morgan fingerprint density at radius 3 is 3.17 bits per heavy atom. The second kappa shape index (κ2) is 3.18. The molecular formula is C7H7BrN4. The van der Waals surface area contributed by atoms with Gasteiger partial charge in [0, 0.05) is 11.9 Å². The Hall–Kier alpha value is -0.970. The summed E-state index contributed by atoms with van der Waals surface area (Å²) in [6.45, 7) is 0.882. The van der Waals surface area contributed by atoms with Gasteiger partial charge in [0.15, 0.2) is 5.65 Å². The van der Waals surface area contributed by atoms with Gasteiger partial charge in [-0.15, -0.1) is 0 Å². The lowest BCUT2D eigenvalue weighted by Crippen LogP contribution is -1.97. The van der Waals surface area contributed by atoms with E-state index in [0.717, 1.165) is 23.0 Å². The molecule has 12 heavy (non-hydrogen) atoms. The minimum absolute atomic E-state index is 0.846. The molecule has 2 aromatic rings. The van der Waals surface area contributed by atoms with E-state index in [1.807, 2.05) is 4.57 Å². The van der Waals surface area contributed by atoms with Crippen molar-refractivity contribution in [3.05, 3.63) is 18.9 Å². The van der Waals surface area contributed by atoms with Crippen molar-refractivity contribution in [2.24, 2.45) is 0 Å². The molecule has 0 aliphatic rings. The van der Waals surface area contributed by atoms with Gasteiger partial charge in [0.1, 0.15) is 11.8 Å². The van der Waals surface area contributed by atoms with Gasteiger partial charge in [-0.1, -0.05) is 15.9 Å². The molecule has 62 valence electrons. The zero-order valence-electron chi connectivity index (χ0n) is 6.31. The average Bonchev–Trinajstić information content (AvgIpc) is 2.50. The SMILES string of the molecule is BrCCn1cnc2cncnc21. The number of hydrogen-bond donors (Lipinski definition) is 0. The molecule has 0 saturated carbocycles. The van der Waals surface area contributed by atoms with E-state index < -0.39 is 0 Å². The van der Waals surface area contributed by atoms with Crippen LogP contribution in [-0.4, -0.2) is 24.8 Å². The smallest absolute Gasteiger partial charge is 0.163 e. The first kappa shape index (κ1) is 7.67. The number of alkyl halides is 1. The summed E-state index contributed by atoms with van der Waals surface area (Å²) in [5.41, 5.74) is 1.74. The first-order chi connectivity index (χ1) is 5.92. The van der Waals surface area contributed by atoms with Crippen molar-refractivity contribution in [3.8, 4) is 0 Å². The number of imidazole rings is 1. The van der Waals surface area contributed by atoms with E-state index in [2.05, 4.69) is 30.9 Å². The Balaban J connectivity index is 2.55. The van der Waals surface area contributed by atoms with Gasteiger partial charge < -0.3 is 4.57 Å². The van der Waals surface area contributed by atoms with Crippen molar-refractivity contribution in [2.75, 3.05) is 5.33 Å². The quantitative estimate of drug-likeness (QED) is 0.724. The maximum Gasteiger partial charge on any atom is 0.163 e. The van der Waals surface area contributed by atoms with E-state index in [1.165, 1.54) is 6.33 Å². The van der Waals surface area contributed by atoms with Gasteiger partial charge in [-0.2, -0.15) is 0 Å². The van der Waals surface area contributed by atoms with Crippen molar-refractivity contribution < 1.29 is 0 Å². The van der Waals surface area contributed by atoms with Crippen molar-refractivity contribution in [1.82, 2.24) is 19.5 Å². The van der Waals surface area contributed by atoms with Gasteiger partial charge >= 0.3 is 0 Å². The van der Waals surface area contributed by atoms with Gasteiger partial charge in [-0.3, -0.25) is 0 Å². The van der Waals surface area contributed by atoms with E-state index in [4.69, 9.17) is 0 Å². The molecule has 0 radical (unpaired) electrons. The van der Waals surface area contributed by atoms with Crippen LogP contribution >= 0.6 is 15.9 Å². The third-order valence-corrected chi connectivity index (χ3v) is 1.96. The lowest BCUT2D eigenvalue weighted by Gasteiger charge is -1.97. The number of rotatable bonds is 2. The van der Waals surface area contributed by atoms with Crippen LogP contribution in [0.15, 0.2) is 18.9 Å². The highest BCUT2D eigenvalue weighted by Gasteiger charge is 2.00. The first-order valence-corrected chi connectivity index (χ1v) is 4.71. The molecule has 0 aliphatic heterocycles. The van der Waals surface area contributed by atoms with Gasteiger partial charge in [-0.25, -0.2) is 15.0 Å². The van der Waals surface area contributed by atoms with E-state index in [9.17, 15) is 0 Å². The highest BCUT2D eigenvalue weighted by atomic mass is 79.9. The summed E-state index contributed by atoms with van der Waals surface area (Å²) in [5.74, 6) is 0. The van der Waals surface area contributed by atoms with E-state index in [0.29, 0.717) is 0 Å². The maximum atomic E-state index is 4.15. The predicted molar refractivity (Wildman–Crippen MR) is 49.1 cm³/mol. The van der Waals surface area contributed by atoms with Crippen LogP contribution in [0.5, 0.6) is 0 Å². The summed E-state index contributed by atoms with van der Waals surface area (Å²) in [6, 6.07) is 0. The minimum atomic E-state index is 0.846. The number of nitrogens with zero attached hydrogens (tertiary/aromatic N) is 4. The molecule has 0 aliphatic carbocycles. The van der Waals surface area contributed by atoms with Crippen molar-refractivity contribution in [1.29, 1.82) is 0 Å². The van der Waals surface area contributed by atoms with Crippen LogP contribution in [-0.2, 0) is 6.54 Å². The van der Waals surface area contributed by atoms with Crippen LogP contribution in [0.1, 0.15) is 0 Å². The normalized spacial score (nSPS) is 10.8. The predicted octanol–water partition coefficient (Wildman–Crippen LogP) is 1.22. The second-order valence-electron chi connectivity index (χ2n) is 2.36. The van der Waals surface area contributed by atoms with Crippen LogP contribution in [0.4, 0.5) is 0 Å². The zero-order chi connectivity index (χ0) is 8.39. The van der Waals surface area contributed by atoms with Crippen LogP contribution in [0.2, 0.25) is 0 Å². The number of hydrogen-bond acceptors (Lipinski definition) is 3. The van der Waals surface area contributed by atoms with Crippen LogP contribution in [0.3, 0.4) is 0 Å². The van der Waals surface area contributed by atoms with E-state index >= 15 is 0 Å². The summed E-state index contributed by atoms with van der Waals surface area (Å²) < 4.78 is 1.99. The average molecular weight is 227 g/mol. The molecule has 2 rings (SSSR count). The standard InChI is InChI=1S/C7H7BrN4/c8-1-2-12-5-11-6-3-9-4-10-7(6)12/h3-5H,1-2H2. The summed E-state index contributed by atoms with van der Waals surface area (Å²) in [6.07, 6.45) is 5.03. The maximum absolute atomic E-state index is 4.15. The van der Waals surface area contributed by atoms with Crippen LogP contribution < -0.4 is 0 Å². The summed E-state index contributed by atoms with van der Waals surface area (Å²) >= 11 is 3.36. The van der Waals surface area contributed by atoms with Crippen LogP contribution in [0, 0.1) is 0 Å². The van der Waals surface area contributed by atoms with Crippen molar-refractivity contribution in [3.63, 3.8) is 0 Å². The lowest BCUT2D eigenvalue weighted by molar-refractivity contribution is 0.790. The molecule has 2 aromatic heterocycles. The molecule has 5 heteroatoms. The molecule has 0 N–H and O–H groups in total. The van der Waals surface area contributed by atoms with Gasteiger partial charge in [-0.05, 0) is 0 Å². The fourth-order valence-corrected chi connectivity index (χ4v) is 1.45. The number of fused-ring (bicyclic) bond motifs is 1. The number of aromatic nitrogens is 4. The fraction of sp³-hybridized carbons (Fsp3) is 0.286. The van der Waals surface area contributed by atoms with E-state index in [1.54, 1.807) is 12.5 Å². The zero-order valence-corrected chi connectivity index (χ0v) is 7.90. The highest BCUT2D eigenvalue weighted by Crippen LogP contribution is 2.06. The third-order valence-electron chi connectivity index (χ3n) is 1.61. The third kappa shape index (κ3) is 1.20. The Morgan fingerprint density at radius 2 is 2.33 bits per heavy atom. The molecule has 0 saturated heterocycles. The highest BCUT2D eigenvalue weighted by molar-refractivity contribution is 9.09. The Labute approximate surface area is 77.8 Å². The monoisotopic (exact) mass is 226 g/mol. The lowest BCUT2D eigenvalue weighted by atomic mass is 10.5. The molecule has 2 heterocycles. The topological polar surface area (TPSA) is 43.6 Å². The molecule has 0 atom stereocenters. The van der Waals surface area contributed by atoms with Gasteiger partial charge in [0.25, 0.3) is 0 Å². The molecular weight excluding hydrogens is 220 g/mol. The Bertz CT molecular complexity index is 384. The molecule has 0 aromatic carbocycles. The number of halogens is 1. The van der Waals surface area contributed by atoms with Gasteiger partial charge in [0.2, 0.25) is 0 Å². The van der Waals surface area contributed by atoms with Crippen LogP contribution in [0.25, 0.3) is 11.2 Å². The Kier molecular flexibility index (Phi) is 2.03. The Morgan fingerprint density at radius 1 is 1.42 bits per heavy atom. The van der Waals surface area contributed by atoms with Gasteiger partial charge in [0.05, 0.1) is 12.5 Å².